The summed E-state index contributed by atoms with van der Waals surface area (Å²) >= 11 is 0. The predicted octanol–water partition coefficient (Wildman–Crippen LogP) is 11.9. The number of rotatable bonds is 11. The molecule has 1 nitrogen and oxygen atoms in total. The summed E-state index contributed by atoms with van der Waals surface area (Å²) in [6.45, 7) is 13.8. The minimum Gasteiger partial charge on any atom is -0.251 e. The first-order valence-electron chi connectivity index (χ1n) is 18.9. The molecule has 0 radical (unpaired) electrons. The van der Waals surface area contributed by atoms with Crippen LogP contribution in [0.5, 0.6) is 0 Å². The van der Waals surface area contributed by atoms with Gasteiger partial charge in [-0.1, -0.05) is 172 Å². The molecular weight excluding hydrogens is 666 g/mol. The molecule has 0 N–H and O–H groups in total. The van der Waals surface area contributed by atoms with E-state index in [0.29, 0.717) is 11.3 Å². The van der Waals surface area contributed by atoms with Crippen LogP contribution >= 0.6 is 32.0 Å². The molecule has 0 spiro atoms. The van der Waals surface area contributed by atoms with Crippen molar-refractivity contribution in [2.24, 2.45) is 0 Å². The van der Waals surface area contributed by atoms with E-state index in [0.717, 1.165) is 29.2 Å². The number of nitrogens with zero attached hydrogens (tertiary/aromatic N) is 1. The Morgan fingerprint density at radius 2 is 1.04 bits per heavy atom. The van der Waals surface area contributed by atoms with E-state index in [2.05, 4.69) is 160 Å². The van der Waals surface area contributed by atoms with Crippen molar-refractivity contribution in [3.8, 4) is 0 Å². The lowest BCUT2D eigenvalue weighted by atomic mass is 10.1. The van der Waals surface area contributed by atoms with Crippen molar-refractivity contribution in [3.05, 3.63) is 132 Å². The third-order valence-corrected chi connectivity index (χ3v) is 24.3. The van der Waals surface area contributed by atoms with E-state index in [1.807, 2.05) is 0 Å². The van der Waals surface area contributed by atoms with Gasteiger partial charge in [-0.15, -0.1) is 0 Å². The second-order valence-corrected chi connectivity index (χ2v) is 25.5. The highest BCUT2D eigenvalue weighted by atomic mass is 31.2. The van der Waals surface area contributed by atoms with Gasteiger partial charge in [-0.25, -0.2) is 0 Å². The van der Waals surface area contributed by atoms with Crippen LogP contribution < -0.4 is 21.2 Å². The highest BCUT2D eigenvalue weighted by Gasteiger charge is 2.43. The molecule has 4 aromatic rings. The van der Waals surface area contributed by atoms with E-state index in [1.165, 1.54) is 55.0 Å². The summed E-state index contributed by atoms with van der Waals surface area (Å²) < 4.78 is 3.08. The Hall–Kier alpha value is -1.70. The molecular formula is C44H55NP4. The number of unbranched alkanes of at least 4 members (excludes halogenated alkanes) is 1. The van der Waals surface area contributed by atoms with Crippen LogP contribution in [0.2, 0.25) is 0 Å². The van der Waals surface area contributed by atoms with Crippen LogP contribution in [0.15, 0.2) is 121 Å². The molecule has 3 heterocycles. The second-order valence-electron chi connectivity index (χ2n) is 14.6. The van der Waals surface area contributed by atoms with E-state index in [9.17, 15) is 0 Å². The monoisotopic (exact) mass is 721 g/mol. The summed E-state index contributed by atoms with van der Waals surface area (Å²) in [4.78, 5) is 0. The Balaban J connectivity index is 1.41. The van der Waals surface area contributed by atoms with Gasteiger partial charge in [0.2, 0.25) is 0 Å². The molecule has 0 bridgehead atoms. The van der Waals surface area contributed by atoms with Gasteiger partial charge in [0.25, 0.3) is 0 Å². The molecule has 2 saturated heterocycles. The summed E-state index contributed by atoms with van der Waals surface area (Å²) in [5, 5.41) is 6.68. The molecule has 0 aliphatic carbocycles. The fourth-order valence-electron chi connectivity index (χ4n) is 8.69. The van der Waals surface area contributed by atoms with Crippen LogP contribution in [0.1, 0.15) is 95.6 Å². The zero-order valence-corrected chi connectivity index (χ0v) is 33.8. The van der Waals surface area contributed by atoms with Crippen molar-refractivity contribution >= 4 is 53.2 Å². The molecule has 8 atom stereocenters. The average Bonchev–Trinajstić information content (AvgIpc) is 3.83. The summed E-state index contributed by atoms with van der Waals surface area (Å²) in [7, 11) is -1.64. The highest BCUT2D eigenvalue weighted by molar-refractivity contribution is 7.80. The number of allylic oxidation sites excluding steroid dienone is 2. The number of hydrogen-bond acceptors (Lipinski definition) is 1. The quantitative estimate of drug-likeness (QED) is 0.110. The van der Waals surface area contributed by atoms with Gasteiger partial charge in [0, 0.05) is 25.9 Å². The van der Waals surface area contributed by atoms with Gasteiger partial charge in [-0.2, -0.15) is 0 Å². The van der Waals surface area contributed by atoms with Crippen LogP contribution in [0.3, 0.4) is 0 Å². The zero-order chi connectivity index (χ0) is 33.9. The van der Waals surface area contributed by atoms with Gasteiger partial charge in [0.1, 0.15) is 0 Å². The van der Waals surface area contributed by atoms with Gasteiger partial charge in [0.15, 0.2) is 0 Å². The van der Waals surface area contributed by atoms with E-state index in [4.69, 9.17) is 0 Å². The minimum absolute atomic E-state index is 0.128. The lowest BCUT2D eigenvalue weighted by molar-refractivity contribution is 0.633. The first kappa shape index (κ1) is 35.7. The van der Waals surface area contributed by atoms with Crippen molar-refractivity contribution in [1.82, 2.24) is 4.44 Å². The highest BCUT2D eigenvalue weighted by Crippen LogP contribution is 2.73. The molecule has 3 aliphatic heterocycles. The maximum Gasteiger partial charge on any atom is 0.0365 e. The average molecular weight is 722 g/mol. The van der Waals surface area contributed by atoms with E-state index in [1.54, 1.807) is 15.9 Å². The van der Waals surface area contributed by atoms with Gasteiger partial charge in [0.05, 0.1) is 0 Å². The fourth-order valence-corrected chi connectivity index (χ4v) is 23.0. The number of hydrogen-bond donors (Lipinski definition) is 0. The minimum atomic E-state index is -0.737. The summed E-state index contributed by atoms with van der Waals surface area (Å²) in [6, 6.07) is 42.7. The van der Waals surface area contributed by atoms with Crippen molar-refractivity contribution in [2.75, 3.05) is 6.54 Å². The van der Waals surface area contributed by atoms with E-state index < -0.39 is 16.1 Å². The second kappa shape index (κ2) is 16.3. The molecule has 3 aliphatic rings. The van der Waals surface area contributed by atoms with Crippen LogP contribution in [0.4, 0.5) is 0 Å². The molecule has 0 saturated carbocycles. The summed E-state index contributed by atoms with van der Waals surface area (Å²) in [5.41, 5.74) is 7.05. The van der Waals surface area contributed by atoms with E-state index >= 15 is 0 Å². The third-order valence-electron chi connectivity index (χ3n) is 11.2. The zero-order valence-electron chi connectivity index (χ0n) is 30.2. The lowest BCUT2D eigenvalue weighted by Gasteiger charge is -2.43. The maximum absolute atomic E-state index is 3.08. The Kier molecular flexibility index (Phi) is 11.9. The molecule has 0 aromatic heterocycles. The fraction of sp³-hybridized carbons (Fsp3) is 0.409. The molecule has 0 amide bonds. The molecule has 7 rings (SSSR count). The smallest absolute Gasteiger partial charge is 0.0365 e. The maximum atomic E-state index is 3.08. The topological polar surface area (TPSA) is 3.24 Å². The Morgan fingerprint density at radius 3 is 1.53 bits per heavy atom. The van der Waals surface area contributed by atoms with Gasteiger partial charge in [-0.3, -0.25) is 4.44 Å². The van der Waals surface area contributed by atoms with Crippen molar-refractivity contribution < 1.29 is 0 Å². The Labute approximate surface area is 302 Å². The molecule has 5 heteroatoms. The van der Waals surface area contributed by atoms with Crippen LogP contribution in [-0.2, 0) is 0 Å². The summed E-state index contributed by atoms with van der Waals surface area (Å²) in [5.74, 6) is 0. The van der Waals surface area contributed by atoms with Gasteiger partial charge >= 0.3 is 0 Å². The van der Waals surface area contributed by atoms with Crippen molar-refractivity contribution in [1.29, 1.82) is 0 Å². The SMILES string of the molecule is CCCCN(P(c1ccccc1)c1ccc(P2[C@H](C)CC[C@H]2C)c(P2[C@H](C)CC[C@H]2C)c1)P1[C@@H](c2ccccc2)C=C[C@H]1c1ccccc1. The largest absolute Gasteiger partial charge is 0.251 e. The third kappa shape index (κ3) is 7.47. The van der Waals surface area contributed by atoms with Crippen molar-refractivity contribution in [3.63, 3.8) is 0 Å². The molecule has 256 valence electrons. The normalized spacial score (nSPS) is 28.1. The molecule has 2 unspecified atom stereocenters. The first-order valence-corrected chi connectivity index (χ1v) is 24.5. The predicted molar refractivity (Wildman–Crippen MR) is 225 cm³/mol. The first-order chi connectivity index (χ1) is 24.0. The van der Waals surface area contributed by atoms with Crippen LogP contribution in [0, 0.1) is 0 Å². The molecule has 2 fully saturated rings. The lowest BCUT2D eigenvalue weighted by Crippen LogP contribution is -2.34. The van der Waals surface area contributed by atoms with E-state index in [-0.39, 0.29) is 15.8 Å². The standard InChI is InChI=1S/C44H55NP4/c1-6-7-31-45(49-41(37-17-11-8-12-18-37)29-30-42(49)38-19-13-9-14-20-38)48(39-21-15-10-16-22-39)40-27-28-43(46-33(2)23-24-34(46)3)44(32-40)47-35(4)25-26-36(47)5/h8-22,27-30,32-36,41-42H,6-7,23-26,31H2,1-5H3/t33-,34-,35-,36-,41-,42+,48?,49?/m1/s1. The summed E-state index contributed by atoms with van der Waals surface area (Å²) in [6.07, 6.45) is 13.2. The Bertz CT molecular complexity index is 1610. The van der Waals surface area contributed by atoms with Crippen molar-refractivity contribution in [2.45, 2.75) is 107 Å². The van der Waals surface area contributed by atoms with Crippen LogP contribution in [0.25, 0.3) is 0 Å². The Morgan fingerprint density at radius 1 is 0.571 bits per heavy atom. The molecule has 4 aromatic carbocycles. The molecule has 49 heavy (non-hydrogen) atoms. The van der Waals surface area contributed by atoms with Crippen LogP contribution in [-0.4, -0.2) is 33.6 Å². The van der Waals surface area contributed by atoms with Gasteiger partial charge in [-0.05, 0) is 101 Å². The number of benzene rings is 4. The van der Waals surface area contributed by atoms with Gasteiger partial charge < -0.3 is 0 Å².